The monoisotopic (exact) mass is 342 g/mol. The van der Waals surface area contributed by atoms with Gasteiger partial charge in [-0.15, -0.1) is 11.8 Å². The number of aryl methyl sites for hydroxylation is 2. The average molecular weight is 342 g/mol. The molecule has 0 fully saturated rings. The molecular weight excluding hydrogens is 320 g/mol. The fraction of sp³-hybridized carbons (Fsp3) is 0.263. The maximum atomic E-state index is 11.8. The van der Waals surface area contributed by atoms with Crippen molar-refractivity contribution in [3.05, 3.63) is 65.2 Å². The fourth-order valence-corrected chi connectivity index (χ4v) is 2.90. The topological polar surface area (TPSA) is 58.2 Å². The van der Waals surface area contributed by atoms with Gasteiger partial charge in [-0.3, -0.25) is 9.59 Å². The summed E-state index contributed by atoms with van der Waals surface area (Å²) >= 11 is 1.51. The fourth-order valence-electron chi connectivity index (χ4n) is 2.07. The molecule has 0 saturated heterocycles. The molecular formula is C19H22N2O2S. The lowest BCUT2D eigenvalue weighted by atomic mass is 10.1. The van der Waals surface area contributed by atoms with E-state index in [1.54, 1.807) is 12.1 Å². The number of benzene rings is 2. The first-order chi connectivity index (χ1) is 11.6. The molecule has 0 aliphatic rings. The molecule has 126 valence electrons. The molecule has 0 atom stereocenters. The second kappa shape index (κ2) is 9.13. The average Bonchev–Trinajstić information content (AvgIpc) is 2.60. The number of nitrogens with one attached hydrogen (secondary N) is 2. The third-order valence-electron chi connectivity index (χ3n) is 3.62. The van der Waals surface area contributed by atoms with Gasteiger partial charge in [-0.1, -0.05) is 24.3 Å². The lowest BCUT2D eigenvalue weighted by Gasteiger charge is -2.08. The van der Waals surface area contributed by atoms with E-state index in [4.69, 9.17) is 0 Å². The summed E-state index contributed by atoms with van der Waals surface area (Å²) < 4.78 is 0. The molecule has 2 aromatic rings. The van der Waals surface area contributed by atoms with Crippen LogP contribution in [0.1, 0.15) is 21.5 Å². The Labute approximate surface area is 147 Å². The zero-order valence-electron chi connectivity index (χ0n) is 14.0. The van der Waals surface area contributed by atoms with Crippen LogP contribution < -0.4 is 10.6 Å². The highest BCUT2D eigenvalue weighted by molar-refractivity contribution is 8.00. The molecule has 24 heavy (non-hydrogen) atoms. The predicted octanol–water partition coefficient (Wildman–Crippen LogP) is 2.94. The maximum absolute atomic E-state index is 11.8. The molecule has 0 bridgehead atoms. The van der Waals surface area contributed by atoms with Gasteiger partial charge in [0.1, 0.15) is 0 Å². The van der Waals surface area contributed by atoms with Crippen LogP contribution in [0.3, 0.4) is 0 Å². The van der Waals surface area contributed by atoms with Crippen molar-refractivity contribution in [3.63, 3.8) is 0 Å². The molecule has 0 aliphatic heterocycles. The first kappa shape index (κ1) is 18.1. The lowest BCUT2D eigenvalue weighted by Crippen LogP contribution is -2.35. The van der Waals surface area contributed by atoms with Crippen LogP contribution in [0.2, 0.25) is 0 Å². The van der Waals surface area contributed by atoms with Gasteiger partial charge in [0.15, 0.2) is 0 Å². The van der Waals surface area contributed by atoms with Gasteiger partial charge in [-0.05, 0) is 49.2 Å². The number of thioether (sulfide) groups is 1. The quantitative estimate of drug-likeness (QED) is 0.601. The van der Waals surface area contributed by atoms with Crippen LogP contribution in [-0.2, 0) is 4.79 Å². The molecule has 2 amide bonds. The minimum absolute atomic E-state index is 0.0350. The molecule has 5 heteroatoms. The minimum atomic E-state index is -0.130. The predicted molar refractivity (Wildman–Crippen MR) is 98.4 cm³/mol. The number of hydrogen-bond donors (Lipinski definition) is 2. The van der Waals surface area contributed by atoms with E-state index in [1.165, 1.54) is 22.9 Å². The van der Waals surface area contributed by atoms with Crippen LogP contribution in [0.15, 0.2) is 53.4 Å². The molecule has 0 heterocycles. The highest BCUT2D eigenvalue weighted by Gasteiger charge is 2.05. The van der Waals surface area contributed by atoms with Crippen molar-refractivity contribution in [1.82, 2.24) is 10.6 Å². The van der Waals surface area contributed by atoms with E-state index in [2.05, 4.69) is 36.6 Å². The molecule has 0 unspecified atom stereocenters. The van der Waals surface area contributed by atoms with Crippen LogP contribution >= 0.6 is 11.8 Å². The lowest BCUT2D eigenvalue weighted by molar-refractivity contribution is -0.118. The molecule has 0 aromatic heterocycles. The highest BCUT2D eigenvalue weighted by atomic mass is 32.2. The number of carbonyl (C=O) groups is 2. The van der Waals surface area contributed by atoms with Crippen molar-refractivity contribution in [2.24, 2.45) is 0 Å². The van der Waals surface area contributed by atoms with E-state index < -0.39 is 0 Å². The minimum Gasteiger partial charge on any atom is -0.354 e. The molecule has 0 aliphatic carbocycles. The smallest absolute Gasteiger partial charge is 0.251 e. The van der Waals surface area contributed by atoms with E-state index in [-0.39, 0.29) is 11.8 Å². The van der Waals surface area contributed by atoms with Gasteiger partial charge in [0.2, 0.25) is 5.91 Å². The van der Waals surface area contributed by atoms with Crippen LogP contribution in [0.4, 0.5) is 0 Å². The molecule has 4 nitrogen and oxygen atoms in total. The Morgan fingerprint density at radius 2 is 1.62 bits per heavy atom. The van der Waals surface area contributed by atoms with E-state index >= 15 is 0 Å². The molecule has 2 rings (SSSR count). The Kier molecular flexibility index (Phi) is 6.88. The van der Waals surface area contributed by atoms with Crippen molar-refractivity contribution in [1.29, 1.82) is 0 Å². The normalized spacial score (nSPS) is 10.2. The first-order valence-electron chi connectivity index (χ1n) is 7.86. The summed E-state index contributed by atoms with van der Waals surface area (Å²) in [5.74, 6) is 0.205. The van der Waals surface area contributed by atoms with Gasteiger partial charge in [0.05, 0.1) is 5.75 Å². The zero-order chi connectivity index (χ0) is 17.4. The van der Waals surface area contributed by atoms with Crippen molar-refractivity contribution in [3.8, 4) is 0 Å². The van der Waals surface area contributed by atoms with Crippen molar-refractivity contribution >= 4 is 23.6 Å². The summed E-state index contributed by atoms with van der Waals surface area (Å²) in [5.41, 5.74) is 3.09. The second-order valence-corrected chi connectivity index (χ2v) is 6.56. The first-order valence-corrected chi connectivity index (χ1v) is 8.85. The summed E-state index contributed by atoms with van der Waals surface area (Å²) in [6.07, 6.45) is 0. The Morgan fingerprint density at radius 3 is 2.33 bits per heavy atom. The summed E-state index contributed by atoms with van der Waals surface area (Å²) in [6.45, 7) is 4.97. The Morgan fingerprint density at radius 1 is 0.917 bits per heavy atom. The summed E-state index contributed by atoms with van der Waals surface area (Å²) in [6, 6.07) is 15.2. The molecule has 2 aromatic carbocycles. The molecule has 0 spiro atoms. The van der Waals surface area contributed by atoms with E-state index in [9.17, 15) is 9.59 Å². The molecule has 2 N–H and O–H groups in total. The van der Waals surface area contributed by atoms with E-state index in [0.717, 1.165) is 4.90 Å². The largest absolute Gasteiger partial charge is 0.354 e. The summed E-state index contributed by atoms with van der Waals surface area (Å²) in [5, 5.41) is 5.59. The van der Waals surface area contributed by atoms with Crippen molar-refractivity contribution < 1.29 is 9.59 Å². The third kappa shape index (κ3) is 5.74. The van der Waals surface area contributed by atoms with Gasteiger partial charge >= 0.3 is 0 Å². The van der Waals surface area contributed by atoms with Crippen LogP contribution in [0.5, 0.6) is 0 Å². The Balaban J connectivity index is 1.64. The summed E-state index contributed by atoms with van der Waals surface area (Å²) in [7, 11) is 0. The van der Waals surface area contributed by atoms with E-state index in [1.807, 2.05) is 24.3 Å². The van der Waals surface area contributed by atoms with Gasteiger partial charge in [0.25, 0.3) is 5.91 Å². The van der Waals surface area contributed by atoms with Gasteiger partial charge < -0.3 is 10.6 Å². The van der Waals surface area contributed by atoms with Crippen LogP contribution in [0, 0.1) is 13.8 Å². The maximum Gasteiger partial charge on any atom is 0.251 e. The molecule has 0 saturated carbocycles. The number of rotatable bonds is 7. The van der Waals surface area contributed by atoms with Gasteiger partial charge in [-0.25, -0.2) is 0 Å². The SMILES string of the molecule is Cc1ccc(SCC(=O)NCCNC(=O)c2ccccc2)cc1C. The second-order valence-electron chi connectivity index (χ2n) is 5.51. The Bertz CT molecular complexity index is 702. The van der Waals surface area contributed by atoms with Crippen LogP contribution in [0.25, 0.3) is 0 Å². The Hall–Kier alpha value is -2.27. The molecule has 0 radical (unpaired) electrons. The summed E-state index contributed by atoms with van der Waals surface area (Å²) in [4.78, 5) is 24.8. The number of hydrogen-bond acceptors (Lipinski definition) is 3. The van der Waals surface area contributed by atoms with Crippen molar-refractivity contribution in [2.45, 2.75) is 18.7 Å². The highest BCUT2D eigenvalue weighted by Crippen LogP contribution is 2.20. The zero-order valence-corrected chi connectivity index (χ0v) is 14.8. The number of amides is 2. The van der Waals surface area contributed by atoms with Crippen molar-refractivity contribution in [2.75, 3.05) is 18.8 Å². The number of carbonyl (C=O) groups excluding carboxylic acids is 2. The van der Waals surface area contributed by atoms with Gasteiger partial charge in [0, 0.05) is 23.5 Å². The third-order valence-corrected chi connectivity index (χ3v) is 4.61. The standard InChI is InChI=1S/C19H22N2O2S/c1-14-8-9-17(12-15(14)2)24-13-18(22)20-10-11-21-19(23)16-6-4-3-5-7-16/h3-9,12H,10-11,13H2,1-2H3,(H,20,22)(H,21,23). The van der Waals surface area contributed by atoms with Gasteiger partial charge in [-0.2, -0.15) is 0 Å². The van der Waals surface area contributed by atoms with Crippen LogP contribution in [-0.4, -0.2) is 30.7 Å². The van der Waals surface area contributed by atoms with E-state index in [0.29, 0.717) is 24.4 Å².